The summed E-state index contributed by atoms with van der Waals surface area (Å²) in [5.74, 6) is 1.13. The average Bonchev–Trinajstić information content (AvgIpc) is 2.96. The highest BCUT2D eigenvalue weighted by Gasteiger charge is 2.35. The summed E-state index contributed by atoms with van der Waals surface area (Å²) < 4.78 is 10.6. The monoisotopic (exact) mass is 259 g/mol. The first-order valence-electron chi connectivity index (χ1n) is 6.46. The van der Waals surface area contributed by atoms with Gasteiger partial charge in [0, 0.05) is 12.0 Å². The van der Waals surface area contributed by atoms with Crippen molar-refractivity contribution in [2.24, 2.45) is 5.41 Å². The zero-order valence-electron chi connectivity index (χ0n) is 11.1. The van der Waals surface area contributed by atoms with E-state index in [0.717, 1.165) is 24.2 Å². The lowest BCUT2D eigenvalue weighted by molar-refractivity contribution is 0.0889. The standard InChI is InChI=1S/C15H17NO3/c1-15(2)8-11(10-5-7-19-13(10)9-15)16-14(17)12-4-3-6-18-12/h3-7,11H,8-9H2,1-2H3,(H,16,17)/t11-/m0/s1. The van der Waals surface area contributed by atoms with Gasteiger partial charge in [0.25, 0.3) is 5.91 Å². The first-order chi connectivity index (χ1) is 9.05. The smallest absolute Gasteiger partial charge is 0.287 e. The van der Waals surface area contributed by atoms with E-state index in [1.807, 2.05) is 6.07 Å². The quantitative estimate of drug-likeness (QED) is 0.900. The minimum atomic E-state index is -0.181. The van der Waals surface area contributed by atoms with Gasteiger partial charge in [-0.25, -0.2) is 0 Å². The first-order valence-corrected chi connectivity index (χ1v) is 6.46. The molecule has 0 saturated carbocycles. The molecule has 0 radical (unpaired) electrons. The van der Waals surface area contributed by atoms with Crippen molar-refractivity contribution in [2.75, 3.05) is 0 Å². The summed E-state index contributed by atoms with van der Waals surface area (Å²) in [6.07, 6.45) is 5.00. The number of hydrogen-bond donors (Lipinski definition) is 1. The maximum absolute atomic E-state index is 12.1. The molecule has 0 bridgehead atoms. The van der Waals surface area contributed by atoms with Gasteiger partial charge in [-0.15, -0.1) is 0 Å². The lowest BCUT2D eigenvalue weighted by atomic mass is 9.75. The Kier molecular flexibility index (Phi) is 2.73. The molecule has 0 aliphatic heterocycles. The van der Waals surface area contributed by atoms with E-state index >= 15 is 0 Å². The molecule has 0 saturated heterocycles. The van der Waals surface area contributed by atoms with Gasteiger partial charge in [0.1, 0.15) is 5.76 Å². The fourth-order valence-electron chi connectivity index (χ4n) is 2.74. The maximum atomic E-state index is 12.1. The van der Waals surface area contributed by atoms with Gasteiger partial charge in [-0.05, 0) is 30.0 Å². The molecule has 0 unspecified atom stereocenters. The molecule has 4 heteroatoms. The summed E-state index contributed by atoms with van der Waals surface area (Å²) in [5.41, 5.74) is 1.20. The van der Waals surface area contributed by atoms with E-state index in [2.05, 4.69) is 19.2 Å². The zero-order valence-corrected chi connectivity index (χ0v) is 11.1. The molecule has 2 heterocycles. The Morgan fingerprint density at radius 3 is 2.89 bits per heavy atom. The number of hydrogen-bond acceptors (Lipinski definition) is 3. The van der Waals surface area contributed by atoms with Crippen LogP contribution in [0.1, 0.15) is 48.2 Å². The molecule has 1 aliphatic carbocycles. The van der Waals surface area contributed by atoms with E-state index in [9.17, 15) is 4.79 Å². The topological polar surface area (TPSA) is 55.4 Å². The molecular formula is C15H17NO3. The molecule has 1 amide bonds. The van der Waals surface area contributed by atoms with Gasteiger partial charge in [-0.2, -0.15) is 0 Å². The number of carbonyl (C=O) groups is 1. The highest BCUT2D eigenvalue weighted by Crippen LogP contribution is 2.41. The summed E-state index contributed by atoms with van der Waals surface area (Å²) in [5, 5.41) is 3.03. The van der Waals surface area contributed by atoms with Crippen LogP contribution in [0.3, 0.4) is 0 Å². The minimum absolute atomic E-state index is 0.0184. The molecule has 1 atom stereocenters. The Morgan fingerprint density at radius 1 is 1.32 bits per heavy atom. The summed E-state index contributed by atoms with van der Waals surface area (Å²) in [6.45, 7) is 4.37. The van der Waals surface area contributed by atoms with Crippen LogP contribution < -0.4 is 5.32 Å². The van der Waals surface area contributed by atoms with Crippen LogP contribution in [0.15, 0.2) is 39.6 Å². The second-order valence-electron chi connectivity index (χ2n) is 5.85. The fraction of sp³-hybridized carbons (Fsp3) is 0.400. The summed E-state index contributed by atoms with van der Waals surface area (Å²) in [7, 11) is 0. The molecule has 2 aromatic rings. The van der Waals surface area contributed by atoms with E-state index in [1.165, 1.54) is 6.26 Å². The predicted octanol–water partition coefficient (Wildman–Crippen LogP) is 3.32. The summed E-state index contributed by atoms with van der Waals surface area (Å²) >= 11 is 0. The van der Waals surface area contributed by atoms with Crippen LogP contribution in [0.2, 0.25) is 0 Å². The van der Waals surface area contributed by atoms with Crippen molar-refractivity contribution >= 4 is 5.91 Å². The molecule has 3 rings (SSSR count). The van der Waals surface area contributed by atoms with E-state index < -0.39 is 0 Å². The van der Waals surface area contributed by atoms with Crippen molar-refractivity contribution in [2.45, 2.75) is 32.7 Å². The van der Waals surface area contributed by atoms with E-state index in [1.54, 1.807) is 18.4 Å². The Hall–Kier alpha value is -1.97. The van der Waals surface area contributed by atoms with Crippen molar-refractivity contribution < 1.29 is 13.6 Å². The van der Waals surface area contributed by atoms with E-state index in [4.69, 9.17) is 8.83 Å². The van der Waals surface area contributed by atoms with Crippen LogP contribution in [0, 0.1) is 5.41 Å². The minimum Gasteiger partial charge on any atom is -0.469 e. The fourth-order valence-corrected chi connectivity index (χ4v) is 2.74. The van der Waals surface area contributed by atoms with Crippen molar-refractivity contribution in [1.82, 2.24) is 5.32 Å². The second-order valence-corrected chi connectivity index (χ2v) is 5.85. The van der Waals surface area contributed by atoms with Gasteiger partial charge < -0.3 is 14.2 Å². The van der Waals surface area contributed by atoms with Crippen LogP contribution in [-0.2, 0) is 6.42 Å². The number of furan rings is 2. The predicted molar refractivity (Wildman–Crippen MR) is 69.7 cm³/mol. The second kappa shape index (κ2) is 4.30. The molecule has 4 nitrogen and oxygen atoms in total. The van der Waals surface area contributed by atoms with Gasteiger partial charge >= 0.3 is 0 Å². The third-order valence-corrected chi connectivity index (χ3v) is 3.60. The molecular weight excluding hydrogens is 242 g/mol. The Labute approximate surface area is 111 Å². The molecule has 0 fully saturated rings. The molecule has 0 aromatic carbocycles. The van der Waals surface area contributed by atoms with Gasteiger partial charge in [0.2, 0.25) is 0 Å². The molecule has 1 N–H and O–H groups in total. The van der Waals surface area contributed by atoms with Gasteiger partial charge in [0.15, 0.2) is 5.76 Å². The lowest BCUT2D eigenvalue weighted by Crippen LogP contribution is -2.35. The third kappa shape index (κ3) is 2.30. The van der Waals surface area contributed by atoms with Gasteiger partial charge in [-0.3, -0.25) is 4.79 Å². The highest BCUT2D eigenvalue weighted by atomic mass is 16.3. The lowest BCUT2D eigenvalue weighted by Gasteiger charge is -2.34. The number of nitrogens with one attached hydrogen (secondary N) is 1. The van der Waals surface area contributed by atoms with Crippen LogP contribution in [0.4, 0.5) is 0 Å². The summed E-state index contributed by atoms with van der Waals surface area (Å²) in [4.78, 5) is 12.1. The van der Waals surface area contributed by atoms with Crippen molar-refractivity contribution in [3.05, 3.63) is 47.8 Å². The molecule has 0 spiro atoms. The zero-order chi connectivity index (χ0) is 13.5. The average molecular weight is 259 g/mol. The Balaban J connectivity index is 1.84. The van der Waals surface area contributed by atoms with Crippen LogP contribution in [0.25, 0.3) is 0 Å². The number of fused-ring (bicyclic) bond motifs is 1. The largest absolute Gasteiger partial charge is 0.469 e. The summed E-state index contributed by atoms with van der Waals surface area (Å²) in [6, 6.07) is 5.30. The van der Waals surface area contributed by atoms with Crippen LogP contribution in [0.5, 0.6) is 0 Å². The van der Waals surface area contributed by atoms with Crippen LogP contribution in [-0.4, -0.2) is 5.91 Å². The Morgan fingerprint density at radius 2 is 2.16 bits per heavy atom. The van der Waals surface area contributed by atoms with Crippen LogP contribution >= 0.6 is 0 Å². The van der Waals surface area contributed by atoms with Gasteiger partial charge in [0.05, 0.1) is 18.6 Å². The van der Waals surface area contributed by atoms with Crippen molar-refractivity contribution in [3.8, 4) is 0 Å². The molecule has 19 heavy (non-hydrogen) atoms. The SMILES string of the molecule is CC1(C)Cc2occc2[C@@H](NC(=O)c2ccco2)C1. The molecule has 1 aliphatic rings. The normalized spacial score (nSPS) is 20.8. The van der Waals surface area contributed by atoms with Crippen molar-refractivity contribution in [3.63, 3.8) is 0 Å². The van der Waals surface area contributed by atoms with E-state index in [0.29, 0.717) is 5.76 Å². The third-order valence-electron chi connectivity index (χ3n) is 3.60. The van der Waals surface area contributed by atoms with E-state index in [-0.39, 0.29) is 17.4 Å². The number of carbonyl (C=O) groups excluding carboxylic acids is 1. The Bertz CT molecular complexity index is 580. The number of amides is 1. The highest BCUT2D eigenvalue weighted by molar-refractivity contribution is 5.91. The van der Waals surface area contributed by atoms with Crippen molar-refractivity contribution in [1.29, 1.82) is 0 Å². The molecule has 2 aromatic heterocycles. The first kappa shape index (κ1) is 12.1. The maximum Gasteiger partial charge on any atom is 0.287 e. The molecule has 100 valence electrons. The number of rotatable bonds is 2. The van der Waals surface area contributed by atoms with Gasteiger partial charge in [-0.1, -0.05) is 13.8 Å².